The molecule has 3 nitrogen and oxygen atoms in total. The first-order chi connectivity index (χ1) is 9.08. The first-order valence-electron chi connectivity index (χ1n) is 6.66. The largest absolute Gasteiger partial charge is 0.472 e. The molecule has 2 rings (SSSR count). The molecule has 0 aliphatic rings. The van der Waals surface area contributed by atoms with Crippen LogP contribution in [0.15, 0.2) is 42.5 Å². The predicted molar refractivity (Wildman–Crippen MR) is 78.0 cm³/mol. The van der Waals surface area contributed by atoms with E-state index in [4.69, 9.17) is 10.5 Å². The smallest absolute Gasteiger partial charge is 0.173 e. The molecule has 0 saturated carbocycles. The van der Waals surface area contributed by atoms with Crippen LogP contribution < -0.4 is 10.5 Å². The standard InChI is InChI=1S/C16H21NO2/c1-11(2)10-14(18)16(17)19-15-9-5-7-12-6-3-4-8-13(12)15/h3-9,11,14,16,18H,10,17H2,1-2H3. The number of hydrogen-bond donors (Lipinski definition) is 2. The molecule has 0 aromatic heterocycles. The first-order valence-corrected chi connectivity index (χ1v) is 6.66. The van der Waals surface area contributed by atoms with Crippen molar-refractivity contribution in [2.75, 3.05) is 0 Å². The van der Waals surface area contributed by atoms with Gasteiger partial charge in [0.2, 0.25) is 0 Å². The molecule has 0 radical (unpaired) electrons. The van der Waals surface area contributed by atoms with E-state index in [1.165, 1.54) is 0 Å². The van der Waals surface area contributed by atoms with Crippen LogP contribution in [-0.2, 0) is 0 Å². The van der Waals surface area contributed by atoms with Crippen molar-refractivity contribution in [1.29, 1.82) is 0 Å². The van der Waals surface area contributed by atoms with E-state index < -0.39 is 12.3 Å². The zero-order valence-corrected chi connectivity index (χ0v) is 11.4. The summed E-state index contributed by atoms with van der Waals surface area (Å²) < 4.78 is 5.72. The average molecular weight is 259 g/mol. The minimum absolute atomic E-state index is 0.386. The second-order valence-corrected chi connectivity index (χ2v) is 5.26. The lowest BCUT2D eigenvalue weighted by molar-refractivity contribution is 0.0277. The maximum Gasteiger partial charge on any atom is 0.173 e. The van der Waals surface area contributed by atoms with Gasteiger partial charge in [-0.1, -0.05) is 50.2 Å². The molecule has 0 heterocycles. The van der Waals surface area contributed by atoms with Crippen molar-refractivity contribution >= 4 is 10.8 Å². The number of nitrogens with two attached hydrogens (primary N) is 1. The van der Waals surface area contributed by atoms with E-state index >= 15 is 0 Å². The summed E-state index contributed by atoms with van der Waals surface area (Å²) >= 11 is 0. The van der Waals surface area contributed by atoms with Crippen molar-refractivity contribution in [1.82, 2.24) is 0 Å². The molecule has 0 bridgehead atoms. The van der Waals surface area contributed by atoms with Crippen LogP contribution in [0.2, 0.25) is 0 Å². The molecule has 0 amide bonds. The van der Waals surface area contributed by atoms with E-state index in [9.17, 15) is 5.11 Å². The predicted octanol–water partition coefficient (Wildman–Crippen LogP) is 2.91. The highest BCUT2D eigenvalue weighted by Gasteiger charge is 2.18. The molecule has 2 aromatic rings. The summed E-state index contributed by atoms with van der Waals surface area (Å²) in [5.74, 6) is 1.10. The Kier molecular flexibility index (Phi) is 4.40. The fourth-order valence-electron chi connectivity index (χ4n) is 2.14. The second-order valence-electron chi connectivity index (χ2n) is 5.26. The second kappa shape index (κ2) is 6.04. The molecule has 0 aliphatic carbocycles. The van der Waals surface area contributed by atoms with Gasteiger partial charge in [0.05, 0.1) is 0 Å². The van der Waals surface area contributed by atoms with Gasteiger partial charge in [-0.15, -0.1) is 0 Å². The summed E-state index contributed by atoms with van der Waals surface area (Å²) in [4.78, 5) is 0. The zero-order chi connectivity index (χ0) is 13.8. The topological polar surface area (TPSA) is 55.5 Å². The Bertz CT molecular complexity index is 534. The van der Waals surface area contributed by atoms with E-state index in [0.29, 0.717) is 18.1 Å². The van der Waals surface area contributed by atoms with Gasteiger partial charge in [-0.2, -0.15) is 0 Å². The number of aliphatic hydroxyl groups is 1. The summed E-state index contributed by atoms with van der Waals surface area (Å²) in [6.07, 6.45) is -0.724. The van der Waals surface area contributed by atoms with Crippen LogP contribution in [0, 0.1) is 5.92 Å². The van der Waals surface area contributed by atoms with E-state index in [1.807, 2.05) is 56.3 Å². The molecule has 2 unspecified atom stereocenters. The molecular weight excluding hydrogens is 238 g/mol. The van der Waals surface area contributed by atoms with Crippen LogP contribution in [0.5, 0.6) is 5.75 Å². The van der Waals surface area contributed by atoms with Crippen LogP contribution in [0.3, 0.4) is 0 Å². The third-order valence-corrected chi connectivity index (χ3v) is 3.10. The maximum absolute atomic E-state index is 9.97. The van der Waals surface area contributed by atoms with Crippen LogP contribution in [0.25, 0.3) is 10.8 Å². The van der Waals surface area contributed by atoms with E-state index in [1.54, 1.807) is 0 Å². The van der Waals surface area contributed by atoms with Crippen LogP contribution in [0.4, 0.5) is 0 Å². The van der Waals surface area contributed by atoms with Crippen molar-refractivity contribution in [2.24, 2.45) is 11.7 Å². The quantitative estimate of drug-likeness (QED) is 0.812. The first kappa shape index (κ1) is 13.8. The maximum atomic E-state index is 9.97. The van der Waals surface area contributed by atoms with Crippen molar-refractivity contribution < 1.29 is 9.84 Å². The Morgan fingerprint density at radius 2 is 1.79 bits per heavy atom. The van der Waals surface area contributed by atoms with Gasteiger partial charge in [0.1, 0.15) is 11.9 Å². The van der Waals surface area contributed by atoms with Crippen molar-refractivity contribution in [3.63, 3.8) is 0 Å². The molecule has 102 valence electrons. The van der Waals surface area contributed by atoms with Gasteiger partial charge < -0.3 is 9.84 Å². The highest BCUT2D eigenvalue weighted by atomic mass is 16.5. The van der Waals surface area contributed by atoms with Crippen LogP contribution in [0.1, 0.15) is 20.3 Å². The molecule has 3 N–H and O–H groups in total. The third-order valence-electron chi connectivity index (χ3n) is 3.10. The Labute approximate surface area is 114 Å². The fourth-order valence-corrected chi connectivity index (χ4v) is 2.14. The number of hydrogen-bond acceptors (Lipinski definition) is 3. The Morgan fingerprint density at radius 1 is 1.11 bits per heavy atom. The molecule has 19 heavy (non-hydrogen) atoms. The minimum Gasteiger partial charge on any atom is -0.472 e. The Morgan fingerprint density at radius 3 is 2.53 bits per heavy atom. The normalized spacial score (nSPS) is 14.6. The van der Waals surface area contributed by atoms with E-state index in [2.05, 4.69) is 0 Å². The molecule has 0 saturated heterocycles. The molecule has 0 aliphatic heterocycles. The van der Waals surface area contributed by atoms with Crippen molar-refractivity contribution in [2.45, 2.75) is 32.6 Å². The fraction of sp³-hybridized carbons (Fsp3) is 0.375. The number of aliphatic hydroxyl groups excluding tert-OH is 1. The van der Waals surface area contributed by atoms with Gasteiger partial charge in [0.25, 0.3) is 0 Å². The molecule has 0 fully saturated rings. The number of rotatable bonds is 5. The Hall–Kier alpha value is -1.58. The van der Waals surface area contributed by atoms with Gasteiger partial charge in [-0.05, 0) is 23.8 Å². The highest BCUT2D eigenvalue weighted by Crippen LogP contribution is 2.26. The summed E-state index contributed by atoms with van der Waals surface area (Å²) in [5.41, 5.74) is 5.92. The number of benzene rings is 2. The number of ether oxygens (including phenoxy) is 1. The average Bonchev–Trinajstić information content (AvgIpc) is 2.38. The molecule has 3 heteroatoms. The summed E-state index contributed by atoms with van der Waals surface area (Å²) in [5, 5.41) is 12.1. The summed E-state index contributed by atoms with van der Waals surface area (Å²) in [7, 11) is 0. The SMILES string of the molecule is CC(C)CC(O)C(N)Oc1cccc2ccccc12. The van der Waals surface area contributed by atoms with E-state index in [-0.39, 0.29) is 0 Å². The van der Waals surface area contributed by atoms with Crippen molar-refractivity contribution in [3.05, 3.63) is 42.5 Å². The monoisotopic (exact) mass is 259 g/mol. The third kappa shape index (κ3) is 3.46. The lowest BCUT2D eigenvalue weighted by atomic mass is 10.1. The van der Waals surface area contributed by atoms with Crippen molar-refractivity contribution in [3.8, 4) is 5.75 Å². The lowest BCUT2D eigenvalue weighted by Gasteiger charge is -2.22. The number of fused-ring (bicyclic) bond motifs is 1. The molecular formula is C16H21NO2. The lowest BCUT2D eigenvalue weighted by Crippen LogP contribution is -2.40. The summed E-state index contributed by atoms with van der Waals surface area (Å²) in [6.45, 7) is 4.10. The minimum atomic E-state index is -0.701. The zero-order valence-electron chi connectivity index (χ0n) is 11.4. The van der Waals surface area contributed by atoms with Gasteiger partial charge in [0, 0.05) is 5.39 Å². The molecule has 0 spiro atoms. The van der Waals surface area contributed by atoms with Gasteiger partial charge in [-0.25, -0.2) is 0 Å². The highest BCUT2D eigenvalue weighted by molar-refractivity contribution is 5.88. The summed E-state index contributed by atoms with van der Waals surface area (Å²) in [6, 6.07) is 13.8. The van der Waals surface area contributed by atoms with Crippen LogP contribution in [-0.4, -0.2) is 17.4 Å². The van der Waals surface area contributed by atoms with Crippen LogP contribution >= 0.6 is 0 Å². The Balaban J connectivity index is 2.17. The van der Waals surface area contributed by atoms with Gasteiger partial charge in [0.15, 0.2) is 6.23 Å². The molecule has 2 aromatic carbocycles. The van der Waals surface area contributed by atoms with Gasteiger partial charge >= 0.3 is 0 Å². The van der Waals surface area contributed by atoms with E-state index in [0.717, 1.165) is 10.8 Å². The molecule has 2 atom stereocenters. The van der Waals surface area contributed by atoms with Gasteiger partial charge in [-0.3, -0.25) is 5.73 Å².